The molecule has 0 radical (unpaired) electrons. The Hall–Kier alpha value is -5.18. The fraction of sp³-hybridized carbons (Fsp3) is 0.103. The third-order valence-corrected chi connectivity index (χ3v) is 5.84. The second-order valence-corrected chi connectivity index (χ2v) is 8.33. The summed E-state index contributed by atoms with van der Waals surface area (Å²) in [6.07, 6.45) is -0.705. The smallest absolute Gasteiger partial charge is 0.412 e. The van der Waals surface area contributed by atoms with E-state index in [1.807, 2.05) is 6.07 Å². The van der Waals surface area contributed by atoms with Gasteiger partial charge in [-0.15, -0.1) is 0 Å². The van der Waals surface area contributed by atoms with Gasteiger partial charge in [0.1, 0.15) is 11.5 Å². The van der Waals surface area contributed by atoms with Gasteiger partial charge in [0.05, 0.1) is 0 Å². The molecule has 38 heavy (non-hydrogen) atoms. The van der Waals surface area contributed by atoms with Gasteiger partial charge >= 0.3 is 12.1 Å². The highest BCUT2D eigenvalue weighted by Gasteiger charge is 2.30. The number of hydrogen-bond acceptors (Lipinski definition) is 7. The predicted octanol–water partition coefficient (Wildman–Crippen LogP) is 5.65. The SMILES string of the molecule is O=C(O)/C=C/[C@H](Oc1ccccc1)[C@@H](OC(=O)Nc1ccc2c(c1)OCO2)c1ccc(O)c2ccccc12. The highest BCUT2D eigenvalue weighted by atomic mass is 16.7. The van der Waals surface area contributed by atoms with Crippen molar-refractivity contribution in [1.29, 1.82) is 0 Å². The maximum atomic E-state index is 13.1. The van der Waals surface area contributed by atoms with Crippen molar-refractivity contribution in [2.75, 3.05) is 12.1 Å². The summed E-state index contributed by atoms with van der Waals surface area (Å²) in [5.41, 5.74) is 0.922. The van der Waals surface area contributed by atoms with Crippen molar-refractivity contribution < 1.29 is 38.7 Å². The van der Waals surface area contributed by atoms with E-state index in [2.05, 4.69) is 5.32 Å². The second-order valence-electron chi connectivity index (χ2n) is 8.33. The Labute approximate surface area is 217 Å². The van der Waals surface area contributed by atoms with Crippen LogP contribution in [0.5, 0.6) is 23.0 Å². The van der Waals surface area contributed by atoms with Gasteiger partial charge in [-0.05, 0) is 41.8 Å². The molecule has 1 aliphatic heterocycles. The van der Waals surface area contributed by atoms with Crippen molar-refractivity contribution in [3.8, 4) is 23.0 Å². The molecular formula is C29H23NO8. The standard InChI is InChI=1S/C29H23NO8/c31-23-12-11-22(20-8-4-5-9-21(20)23)28(25(14-15-27(32)33)37-19-6-2-1-3-7-19)38-29(34)30-18-10-13-24-26(16-18)36-17-35-24/h1-16,25,28,31H,17H2,(H,30,34)(H,32,33)/b15-14+/t25-,28-/m0/s1. The van der Waals surface area contributed by atoms with Crippen LogP contribution in [-0.4, -0.2) is 35.2 Å². The highest BCUT2D eigenvalue weighted by molar-refractivity contribution is 5.92. The van der Waals surface area contributed by atoms with Gasteiger partial charge in [-0.25, -0.2) is 9.59 Å². The highest BCUT2D eigenvalue weighted by Crippen LogP contribution is 2.37. The summed E-state index contributed by atoms with van der Waals surface area (Å²) < 4.78 is 22.7. The number of hydrogen-bond donors (Lipinski definition) is 3. The summed E-state index contributed by atoms with van der Waals surface area (Å²) in [6, 6.07) is 23.9. The fourth-order valence-corrected chi connectivity index (χ4v) is 4.13. The van der Waals surface area contributed by atoms with Crippen molar-refractivity contribution in [2.24, 2.45) is 0 Å². The Morgan fingerprint density at radius 2 is 1.63 bits per heavy atom. The number of rotatable bonds is 8. The van der Waals surface area contributed by atoms with Gasteiger partial charge in [0.25, 0.3) is 0 Å². The summed E-state index contributed by atoms with van der Waals surface area (Å²) in [7, 11) is 0. The maximum Gasteiger partial charge on any atom is 0.412 e. The Kier molecular flexibility index (Phi) is 6.99. The number of anilines is 1. The Balaban J connectivity index is 1.53. The van der Waals surface area contributed by atoms with E-state index in [1.54, 1.807) is 72.8 Å². The second kappa shape index (κ2) is 10.8. The van der Waals surface area contributed by atoms with Crippen LogP contribution < -0.4 is 19.5 Å². The van der Waals surface area contributed by atoms with Crippen LogP contribution >= 0.6 is 0 Å². The molecular weight excluding hydrogens is 490 g/mol. The normalized spacial score (nSPS) is 13.7. The van der Waals surface area contributed by atoms with Crippen LogP contribution in [-0.2, 0) is 9.53 Å². The van der Waals surface area contributed by atoms with E-state index in [0.29, 0.717) is 39.3 Å². The van der Waals surface area contributed by atoms with Crippen LogP contribution in [0.4, 0.5) is 10.5 Å². The largest absolute Gasteiger partial charge is 0.507 e. The molecule has 0 spiro atoms. The van der Waals surface area contributed by atoms with Gasteiger partial charge in [0, 0.05) is 28.8 Å². The van der Waals surface area contributed by atoms with E-state index in [4.69, 9.17) is 18.9 Å². The lowest BCUT2D eigenvalue weighted by Gasteiger charge is -2.27. The third kappa shape index (κ3) is 5.46. The number of para-hydroxylation sites is 1. The third-order valence-electron chi connectivity index (χ3n) is 5.84. The van der Waals surface area contributed by atoms with Crippen molar-refractivity contribution in [3.05, 3.63) is 103 Å². The van der Waals surface area contributed by atoms with E-state index < -0.39 is 24.3 Å². The lowest BCUT2D eigenvalue weighted by molar-refractivity contribution is -0.131. The zero-order chi connectivity index (χ0) is 26.5. The first-order valence-corrected chi connectivity index (χ1v) is 11.7. The average molecular weight is 514 g/mol. The minimum atomic E-state index is -1.19. The number of phenols is 1. The van der Waals surface area contributed by atoms with Gasteiger partial charge in [0.2, 0.25) is 6.79 Å². The van der Waals surface area contributed by atoms with E-state index in [1.165, 1.54) is 12.1 Å². The molecule has 4 aromatic rings. The van der Waals surface area contributed by atoms with Crippen molar-refractivity contribution in [2.45, 2.75) is 12.2 Å². The summed E-state index contributed by atoms with van der Waals surface area (Å²) in [5.74, 6) is 0.353. The topological polar surface area (TPSA) is 124 Å². The van der Waals surface area contributed by atoms with E-state index in [0.717, 1.165) is 6.08 Å². The van der Waals surface area contributed by atoms with Crippen molar-refractivity contribution in [1.82, 2.24) is 0 Å². The van der Waals surface area contributed by atoms with Crippen LogP contribution in [0, 0.1) is 0 Å². The fourth-order valence-electron chi connectivity index (χ4n) is 4.13. The van der Waals surface area contributed by atoms with Crippen molar-refractivity contribution >= 4 is 28.5 Å². The van der Waals surface area contributed by atoms with Crippen LogP contribution in [0.25, 0.3) is 10.8 Å². The van der Waals surface area contributed by atoms with Gasteiger partial charge < -0.3 is 29.2 Å². The summed E-state index contributed by atoms with van der Waals surface area (Å²) in [5, 5.41) is 23.6. The molecule has 4 aromatic carbocycles. The molecule has 0 unspecified atom stereocenters. The van der Waals surface area contributed by atoms with Crippen molar-refractivity contribution in [3.63, 3.8) is 0 Å². The number of ether oxygens (including phenoxy) is 4. The molecule has 1 amide bonds. The first-order valence-electron chi connectivity index (χ1n) is 11.7. The van der Waals surface area contributed by atoms with Gasteiger partial charge in [-0.1, -0.05) is 48.5 Å². The molecule has 0 bridgehead atoms. The first-order chi connectivity index (χ1) is 18.5. The molecule has 1 aliphatic rings. The maximum absolute atomic E-state index is 13.1. The minimum Gasteiger partial charge on any atom is -0.507 e. The lowest BCUT2D eigenvalue weighted by Crippen LogP contribution is -2.30. The first kappa shape index (κ1) is 24.5. The average Bonchev–Trinajstić information content (AvgIpc) is 3.39. The molecule has 0 fully saturated rings. The van der Waals surface area contributed by atoms with Gasteiger partial charge in [-0.2, -0.15) is 0 Å². The molecule has 1 heterocycles. The number of amides is 1. The number of carbonyl (C=O) groups excluding carboxylic acids is 1. The zero-order valence-electron chi connectivity index (χ0n) is 19.9. The number of phenolic OH excluding ortho intramolecular Hbond substituents is 1. The summed E-state index contributed by atoms with van der Waals surface area (Å²) in [6.45, 7) is 0.0909. The molecule has 5 rings (SSSR count). The monoisotopic (exact) mass is 513 g/mol. The number of benzene rings is 4. The number of nitrogens with one attached hydrogen (secondary N) is 1. The molecule has 192 valence electrons. The van der Waals surface area contributed by atoms with Crippen LogP contribution in [0.1, 0.15) is 11.7 Å². The molecule has 0 saturated carbocycles. The Morgan fingerprint density at radius 1 is 0.895 bits per heavy atom. The number of carboxylic acid groups (broad SMARTS) is 1. The lowest BCUT2D eigenvalue weighted by atomic mass is 9.96. The molecule has 0 aromatic heterocycles. The van der Waals surface area contributed by atoms with E-state index in [-0.39, 0.29) is 12.5 Å². The molecule has 0 saturated heterocycles. The predicted molar refractivity (Wildman–Crippen MR) is 139 cm³/mol. The van der Waals surface area contributed by atoms with Crippen LogP contribution in [0.2, 0.25) is 0 Å². The van der Waals surface area contributed by atoms with Crippen LogP contribution in [0.15, 0.2) is 97.1 Å². The Morgan fingerprint density at radius 3 is 2.42 bits per heavy atom. The molecule has 2 atom stereocenters. The molecule has 9 nitrogen and oxygen atoms in total. The number of aliphatic carboxylic acids is 1. The van der Waals surface area contributed by atoms with E-state index >= 15 is 0 Å². The van der Waals surface area contributed by atoms with Gasteiger partial charge in [0.15, 0.2) is 23.7 Å². The number of fused-ring (bicyclic) bond motifs is 2. The summed E-state index contributed by atoms with van der Waals surface area (Å²) in [4.78, 5) is 24.6. The Bertz CT molecular complexity index is 1500. The zero-order valence-corrected chi connectivity index (χ0v) is 19.9. The number of carbonyl (C=O) groups is 2. The van der Waals surface area contributed by atoms with Gasteiger partial charge in [-0.3, -0.25) is 5.32 Å². The quantitative estimate of drug-likeness (QED) is 0.258. The van der Waals surface area contributed by atoms with E-state index in [9.17, 15) is 19.8 Å². The summed E-state index contributed by atoms with van der Waals surface area (Å²) >= 11 is 0. The molecule has 9 heteroatoms. The number of carboxylic acids is 1. The number of aromatic hydroxyl groups is 1. The molecule has 0 aliphatic carbocycles. The van der Waals surface area contributed by atoms with Crippen LogP contribution in [0.3, 0.4) is 0 Å². The molecule has 3 N–H and O–H groups in total. The minimum absolute atomic E-state index is 0.0505.